The molecule has 0 atom stereocenters. The second kappa shape index (κ2) is 4.84. The van der Waals surface area contributed by atoms with Crippen LogP contribution in [0.5, 0.6) is 0 Å². The number of benzene rings is 1. The average molecular weight is 249 g/mol. The summed E-state index contributed by atoms with van der Waals surface area (Å²) in [5.41, 5.74) is 8.70. The number of carbonyl (C=O) groups excluding carboxylic acids is 3. The molecule has 1 aliphatic rings. The molecule has 0 spiro atoms. The zero-order valence-corrected chi connectivity index (χ0v) is 9.36. The molecule has 18 heavy (non-hydrogen) atoms. The maximum absolute atomic E-state index is 11.6. The first kappa shape index (κ1) is 12.1. The van der Waals surface area contributed by atoms with Crippen LogP contribution >= 0.6 is 0 Å². The molecule has 7 heteroatoms. The highest BCUT2D eigenvalue weighted by Crippen LogP contribution is 2.23. The zero-order chi connectivity index (χ0) is 13.1. The van der Waals surface area contributed by atoms with Gasteiger partial charge in [0.05, 0.1) is 6.42 Å². The Bertz CT molecular complexity index is 527. The fourth-order valence-corrected chi connectivity index (χ4v) is 1.59. The SMILES string of the molecule is NC(=O)CONC(=O)c1ccc2c(c1)NC(=O)C2. The highest BCUT2D eigenvalue weighted by Gasteiger charge is 2.19. The molecule has 0 radical (unpaired) electrons. The average Bonchev–Trinajstić information content (AvgIpc) is 2.67. The minimum Gasteiger partial charge on any atom is -0.368 e. The van der Waals surface area contributed by atoms with E-state index >= 15 is 0 Å². The lowest BCUT2D eigenvalue weighted by Crippen LogP contribution is -2.29. The maximum atomic E-state index is 11.6. The number of nitrogens with one attached hydrogen (secondary N) is 2. The third-order valence-electron chi connectivity index (χ3n) is 2.38. The van der Waals surface area contributed by atoms with Crippen molar-refractivity contribution < 1.29 is 19.2 Å². The highest BCUT2D eigenvalue weighted by atomic mass is 16.7. The highest BCUT2D eigenvalue weighted by molar-refractivity contribution is 6.02. The number of primary amides is 1. The largest absolute Gasteiger partial charge is 0.368 e. The molecule has 0 aromatic heterocycles. The number of hydrogen-bond donors (Lipinski definition) is 3. The summed E-state index contributed by atoms with van der Waals surface area (Å²) in [6.45, 7) is -0.395. The van der Waals surface area contributed by atoms with E-state index in [1.165, 1.54) is 0 Å². The van der Waals surface area contributed by atoms with E-state index in [9.17, 15) is 14.4 Å². The van der Waals surface area contributed by atoms with Crippen LogP contribution in [-0.2, 0) is 20.8 Å². The van der Waals surface area contributed by atoms with E-state index in [0.717, 1.165) is 5.56 Å². The van der Waals surface area contributed by atoms with Crippen molar-refractivity contribution in [2.75, 3.05) is 11.9 Å². The van der Waals surface area contributed by atoms with Crippen molar-refractivity contribution >= 4 is 23.4 Å². The van der Waals surface area contributed by atoms with Gasteiger partial charge in [-0.25, -0.2) is 5.48 Å². The Labute approximate surface area is 102 Å². The Morgan fingerprint density at radius 2 is 2.22 bits per heavy atom. The molecule has 7 nitrogen and oxygen atoms in total. The first-order chi connectivity index (χ1) is 8.56. The molecule has 1 aromatic rings. The first-order valence-electron chi connectivity index (χ1n) is 5.19. The third-order valence-corrected chi connectivity index (χ3v) is 2.38. The molecular weight excluding hydrogens is 238 g/mol. The Hall–Kier alpha value is -2.41. The second-order valence-corrected chi connectivity index (χ2v) is 3.78. The minimum absolute atomic E-state index is 0.104. The molecule has 94 valence electrons. The monoisotopic (exact) mass is 249 g/mol. The van der Waals surface area contributed by atoms with E-state index in [2.05, 4.69) is 15.6 Å². The van der Waals surface area contributed by atoms with Gasteiger partial charge in [-0.05, 0) is 17.7 Å². The Kier molecular flexibility index (Phi) is 3.24. The van der Waals surface area contributed by atoms with Gasteiger partial charge in [-0.3, -0.25) is 19.2 Å². The lowest BCUT2D eigenvalue weighted by molar-refractivity contribution is -0.124. The van der Waals surface area contributed by atoms with Gasteiger partial charge >= 0.3 is 0 Å². The van der Waals surface area contributed by atoms with E-state index in [1.54, 1.807) is 18.2 Å². The summed E-state index contributed by atoms with van der Waals surface area (Å²) < 4.78 is 0. The fourth-order valence-electron chi connectivity index (χ4n) is 1.59. The van der Waals surface area contributed by atoms with Crippen LogP contribution in [0.3, 0.4) is 0 Å². The van der Waals surface area contributed by atoms with Gasteiger partial charge < -0.3 is 11.1 Å². The van der Waals surface area contributed by atoms with Crippen molar-refractivity contribution in [1.29, 1.82) is 0 Å². The van der Waals surface area contributed by atoms with E-state index in [-0.39, 0.29) is 5.91 Å². The molecule has 0 aliphatic carbocycles. The molecule has 0 fully saturated rings. The van der Waals surface area contributed by atoms with Crippen molar-refractivity contribution in [3.05, 3.63) is 29.3 Å². The number of anilines is 1. The van der Waals surface area contributed by atoms with Crippen LogP contribution in [-0.4, -0.2) is 24.3 Å². The number of carbonyl (C=O) groups is 3. The number of nitrogens with two attached hydrogens (primary N) is 1. The van der Waals surface area contributed by atoms with Crippen LogP contribution in [0, 0.1) is 0 Å². The summed E-state index contributed by atoms with van der Waals surface area (Å²) in [5.74, 6) is -1.30. The summed E-state index contributed by atoms with van der Waals surface area (Å²) in [6.07, 6.45) is 0.315. The fraction of sp³-hybridized carbons (Fsp3) is 0.182. The molecule has 1 heterocycles. The minimum atomic E-state index is -0.684. The molecular formula is C11H11N3O4. The van der Waals surface area contributed by atoms with Crippen molar-refractivity contribution in [2.45, 2.75) is 6.42 Å². The van der Waals surface area contributed by atoms with Gasteiger partial charge in [-0.15, -0.1) is 0 Å². The molecule has 3 amide bonds. The normalized spacial score (nSPS) is 12.8. The third kappa shape index (κ3) is 2.64. The van der Waals surface area contributed by atoms with Gasteiger partial charge in [-0.2, -0.15) is 0 Å². The van der Waals surface area contributed by atoms with Gasteiger partial charge in [0, 0.05) is 11.3 Å². The molecule has 0 saturated heterocycles. The van der Waals surface area contributed by atoms with Gasteiger partial charge in [0.1, 0.15) is 0 Å². The van der Waals surface area contributed by atoms with Crippen molar-refractivity contribution in [1.82, 2.24) is 5.48 Å². The molecule has 4 N–H and O–H groups in total. The molecule has 2 rings (SSSR count). The zero-order valence-electron chi connectivity index (χ0n) is 9.36. The van der Waals surface area contributed by atoms with Crippen molar-refractivity contribution in [3.8, 4) is 0 Å². The van der Waals surface area contributed by atoms with Crippen LogP contribution in [0.4, 0.5) is 5.69 Å². The summed E-state index contributed by atoms with van der Waals surface area (Å²) in [6, 6.07) is 4.81. The predicted octanol–water partition coefficient (Wildman–Crippen LogP) is -0.672. The van der Waals surface area contributed by atoms with E-state index in [0.29, 0.717) is 17.7 Å². The summed E-state index contributed by atoms with van der Waals surface area (Å²) in [4.78, 5) is 37.7. The van der Waals surface area contributed by atoms with Crippen molar-refractivity contribution in [2.24, 2.45) is 5.73 Å². The van der Waals surface area contributed by atoms with E-state index in [1.807, 2.05) is 0 Å². The molecule has 1 aromatic carbocycles. The van der Waals surface area contributed by atoms with Gasteiger partial charge in [0.15, 0.2) is 6.61 Å². The van der Waals surface area contributed by atoms with Crippen LogP contribution < -0.4 is 16.5 Å². The van der Waals surface area contributed by atoms with Gasteiger partial charge in [0.25, 0.3) is 5.91 Å². The number of amides is 3. The summed E-state index contributed by atoms with van der Waals surface area (Å²) in [7, 11) is 0. The Morgan fingerprint density at radius 3 is 2.94 bits per heavy atom. The number of fused-ring (bicyclic) bond motifs is 1. The summed E-state index contributed by atoms with van der Waals surface area (Å²) >= 11 is 0. The second-order valence-electron chi connectivity index (χ2n) is 3.78. The molecule has 0 bridgehead atoms. The topological polar surface area (TPSA) is 111 Å². The van der Waals surface area contributed by atoms with Crippen LogP contribution in [0.1, 0.15) is 15.9 Å². The molecule has 0 unspecified atom stereocenters. The number of rotatable bonds is 4. The Balaban J connectivity index is 2.01. The van der Waals surface area contributed by atoms with Crippen LogP contribution in [0.2, 0.25) is 0 Å². The lowest BCUT2D eigenvalue weighted by Gasteiger charge is -2.05. The predicted molar refractivity (Wildman–Crippen MR) is 61.4 cm³/mol. The molecule has 1 aliphatic heterocycles. The van der Waals surface area contributed by atoms with E-state index in [4.69, 9.17) is 5.73 Å². The van der Waals surface area contributed by atoms with Crippen molar-refractivity contribution in [3.63, 3.8) is 0 Å². The standard InChI is InChI=1S/C11H11N3O4/c12-9(15)5-18-14-11(17)7-2-1-6-4-10(16)13-8(6)3-7/h1-3H,4-5H2,(H2,12,15)(H,13,16)(H,14,17). The molecule has 0 saturated carbocycles. The quantitative estimate of drug-likeness (QED) is 0.614. The lowest BCUT2D eigenvalue weighted by atomic mass is 10.1. The van der Waals surface area contributed by atoms with Crippen LogP contribution in [0.25, 0.3) is 0 Å². The number of hydrogen-bond acceptors (Lipinski definition) is 4. The van der Waals surface area contributed by atoms with Crippen LogP contribution in [0.15, 0.2) is 18.2 Å². The smallest absolute Gasteiger partial charge is 0.274 e. The Morgan fingerprint density at radius 1 is 1.44 bits per heavy atom. The first-order valence-corrected chi connectivity index (χ1v) is 5.19. The number of hydroxylamine groups is 1. The van der Waals surface area contributed by atoms with E-state index < -0.39 is 18.4 Å². The summed E-state index contributed by atoms with van der Waals surface area (Å²) in [5, 5.41) is 2.63. The van der Waals surface area contributed by atoms with Gasteiger partial charge in [0.2, 0.25) is 11.8 Å². The van der Waals surface area contributed by atoms with Gasteiger partial charge in [-0.1, -0.05) is 6.07 Å². The maximum Gasteiger partial charge on any atom is 0.274 e.